The van der Waals surface area contributed by atoms with Crippen molar-refractivity contribution in [2.75, 3.05) is 12.8 Å². The highest BCUT2D eigenvalue weighted by molar-refractivity contribution is 5.98. The van der Waals surface area contributed by atoms with E-state index in [1.54, 1.807) is 12.1 Å². The summed E-state index contributed by atoms with van der Waals surface area (Å²) in [5.41, 5.74) is 8.15. The topological polar surface area (TPSA) is 56.8 Å². The van der Waals surface area contributed by atoms with Gasteiger partial charge in [-0.25, -0.2) is 0 Å². The summed E-state index contributed by atoms with van der Waals surface area (Å²) < 4.78 is 5.70. The quantitative estimate of drug-likeness (QED) is 0.518. The molecule has 0 atom stereocenters. The molecule has 2 aromatic carbocycles. The fourth-order valence-electron chi connectivity index (χ4n) is 1.63. The van der Waals surface area contributed by atoms with Crippen LogP contribution in [0.3, 0.4) is 0 Å². The number of hydrogen-bond donors (Lipinski definition) is 1. The van der Waals surface area contributed by atoms with E-state index in [4.69, 9.17) is 15.3 Å². The van der Waals surface area contributed by atoms with Crippen molar-refractivity contribution in [3.05, 3.63) is 54.1 Å². The van der Waals surface area contributed by atoms with Gasteiger partial charge in [-0.1, -0.05) is 5.16 Å². The van der Waals surface area contributed by atoms with Crippen molar-refractivity contribution in [3.8, 4) is 11.5 Å². The predicted octanol–water partition coefficient (Wildman–Crippen LogP) is 3.43. The number of oxime groups is 1. The summed E-state index contributed by atoms with van der Waals surface area (Å²) in [6.07, 6.45) is 0. The molecular weight excluding hydrogens is 240 g/mol. The molecule has 0 amide bonds. The zero-order chi connectivity index (χ0) is 13.7. The first-order valence-electron chi connectivity index (χ1n) is 5.90. The first kappa shape index (κ1) is 13.0. The average molecular weight is 256 g/mol. The summed E-state index contributed by atoms with van der Waals surface area (Å²) in [7, 11) is 1.53. The maximum atomic E-state index is 5.70. The standard InChI is InChI=1S/C15H16N2O2/c1-11(17-18-2)12-3-7-14(8-4-12)19-15-9-5-13(16)6-10-15/h3-10H,16H2,1-2H3. The predicted molar refractivity (Wildman–Crippen MR) is 76.6 cm³/mol. The van der Waals surface area contributed by atoms with E-state index >= 15 is 0 Å². The summed E-state index contributed by atoms with van der Waals surface area (Å²) in [5.74, 6) is 1.52. The van der Waals surface area contributed by atoms with Crippen LogP contribution >= 0.6 is 0 Å². The fourth-order valence-corrected chi connectivity index (χ4v) is 1.63. The number of hydrogen-bond acceptors (Lipinski definition) is 4. The molecule has 2 N–H and O–H groups in total. The van der Waals surface area contributed by atoms with E-state index in [2.05, 4.69) is 5.16 Å². The highest BCUT2D eigenvalue weighted by Gasteiger charge is 2.00. The Morgan fingerprint density at radius 1 is 0.947 bits per heavy atom. The lowest BCUT2D eigenvalue weighted by molar-refractivity contribution is 0.213. The Labute approximate surface area is 112 Å². The number of rotatable bonds is 4. The largest absolute Gasteiger partial charge is 0.457 e. The molecule has 0 saturated carbocycles. The molecule has 0 bridgehead atoms. The minimum atomic E-state index is 0.717. The van der Waals surface area contributed by atoms with Gasteiger partial charge in [0, 0.05) is 5.69 Å². The van der Waals surface area contributed by atoms with Gasteiger partial charge in [0.2, 0.25) is 0 Å². The van der Waals surface area contributed by atoms with E-state index in [1.165, 1.54) is 7.11 Å². The Hall–Kier alpha value is -2.49. The third-order valence-electron chi connectivity index (χ3n) is 2.62. The first-order valence-corrected chi connectivity index (χ1v) is 5.90. The van der Waals surface area contributed by atoms with Gasteiger partial charge in [-0.05, 0) is 61.0 Å². The van der Waals surface area contributed by atoms with Crippen LogP contribution in [0.15, 0.2) is 53.7 Å². The van der Waals surface area contributed by atoms with Gasteiger partial charge in [0.1, 0.15) is 18.6 Å². The van der Waals surface area contributed by atoms with E-state index in [9.17, 15) is 0 Å². The van der Waals surface area contributed by atoms with Crippen molar-refractivity contribution >= 4 is 11.4 Å². The van der Waals surface area contributed by atoms with E-state index in [-0.39, 0.29) is 0 Å². The minimum absolute atomic E-state index is 0.717. The monoisotopic (exact) mass is 256 g/mol. The van der Waals surface area contributed by atoms with Crippen LogP contribution in [-0.2, 0) is 4.84 Å². The maximum Gasteiger partial charge on any atom is 0.127 e. The van der Waals surface area contributed by atoms with E-state index in [0.717, 1.165) is 22.8 Å². The van der Waals surface area contributed by atoms with E-state index in [1.807, 2.05) is 43.3 Å². The average Bonchev–Trinajstić information content (AvgIpc) is 2.42. The number of nitrogen functional groups attached to an aromatic ring is 1. The molecule has 0 radical (unpaired) electrons. The lowest BCUT2D eigenvalue weighted by Crippen LogP contribution is -1.95. The lowest BCUT2D eigenvalue weighted by atomic mass is 10.1. The second kappa shape index (κ2) is 5.91. The fraction of sp³-hybridized carbons (Fsp3) is 0.133. The maximum absolute atomic E-state index is 5.70. The Balaban J connectivity index is 2.10. The van der Waals surface area contributed by atoms with Crippen molar-refractivity contribution < 1.29 is 9.57 Å². The zero-order valence-corrected chi connectivity index (χ0v) is 11.0. The molecule has 0 heterocycles. The third kappa shape index (κ3) is 3.48. The van der Waals surface area contributed by atoms with Gasteiger partial charge >= 0.3 is 0 Å². The van der Waals surface area contributed by atoms with Gasteiger partial charge in [-0.2, -0.15) is 0 Å². The van der Waals surface area contributed by atoms with Crippen LogP contribution in [0.2, 0.25) is 0 Å². The molecule has 0 fully saturated rings. The molecule has 0 spiro atoms. The number of benzene rings is 2. The SMILES string of the molecule is CON=C(C)c1ccc(Oc2ccc(N)cc2)cc1. The molecule has 0 aliphatic heterocycles. The van der Waals surface area contributed by atoms with Gasteiger partial charge in [-0.3, -0.25) is 0 Å². The van der Waals surface area contributed by atoms with E-state index < -0.39 is 0 Å². The molecular formula is C15H16N2O2. The molecule has 0 aromatic heterocycles. The van der Waals surface area contributed by atoms with Crippen molar-refractivity contribution in [2.24, 2.45) is 5.16 Å². The van der Waals surface area contributed by atoms with Crippen LogP contribution in [-0.4, -0.2) is 12.8 Å². The molecule has 0 unspecified atom stereocenters. The summed E-state index contributed by atoms with van der Waals surface area (Å²) in [6.45, 7) is 1.89. The van der Waals surface area contributed by atoms with Crippen molar-refractivity contribution in [3.63, 3.8) is 0 Å². The molecule has 4 nitrogen and oxygen atoms in total. The summed E-state index contributed by atoms with van der Waals surface area (Å²) in [4.78, 5) is 4.74. The lowest BCUT2D eigenvalue weighted by Gasteiger charge is -2.07. The van der Waals surface area contributed by atoms with Gasteiger partial charge in [0.15, 0.2) is 0 Å². The highest BCUT2D eigenvalue weighted by Crippen LogP contribution is 2.22. The summed E-state index contributed by atoms with van der Waals surface area (Å²) in [6, 6.07) is 14.9. The number of nitrogens with zero attached hydrogens (tertiary/aromatic N) is 1. The zero-order valence-electron chi connectivity index (χ0n) is 11.0. The van der Waals surface area contributed by atoms with Crippen LogP contribution in [0.5, 0.6) is 11.5 Å². The van der Waals surface area contributed by atoms with Gasteiger partial charge in [0.25, 0.3) is 0 Å². The van der Waals surface area contributed by atoms with Crippen LogP contribution in [0.4, 0.5) is 5.69 Å². The molecule has 0 aliphatic carbocycles. The van der Waals surface area contributed by atoms with Crippen molar-refractivity contribution in [1.29, 1.82) is 0 Å². The number of ether oxygens (including phenoxy) is 1. The Morgan fingerprint density at radius 3 is 2.00 bits per heavy atom. The Kier molecular flexibility index (Phi) is 4.03. The van der Waals surface area contributed by atoms with Crippen LogP contribution in [0, 0.1) is 0 Å². The van der Waals surface area contributed by atoms with Crippen molar-refractivity contribution in [1.82, 2.24) is 0 Å². The normalized spacial score (nSPS) is 11.2. The third-order valence-corrected chi connectivity index (χ3v) is 2.62. The highest BCUT2D eigenvalue weighted by atomic mass is 16.6. The molecule has 0 saturated heterocycles. The van der Waals surface area contributed by atoms with Crippen LogP contribution < -0.4 is 10.5 Å². The van der Waals surface area contributed by atoms with Gasteiger partial charge in [-0.15, -0.1) is 0 Å². The first-order chi connectivity index (χ1) is 9.19. The van der Waals surface area contributed by atoms with Gasteiger partial charge < -0.3 is 15.3 Å². The second-order valence-corrected chi connectivity index (χ2v) is 4.05. The van der Waals surface area contributed by atoms with Crippen molar-refractivity contribution in [2.45, 2.75) is 6.92 Å². The minimum Gasteiger partial charge on any atom is -0.457 e. The smallest absolute Gasteiger partial charge is 0.127 e. The molecule has 2 aromatic rings. The Morgan fingerprint density at radius 2 is 1.47 bits per heavy atom. The van der Waals surface area contributed by atoms with Crippen LogP contribution in [0.1, 0.15) is 12.5 Å². The molecule has 0 aliphatic rings. The molecule has 19 heavy (non-hydrogen) atoms. The molecule has 98 valence electrons. The number of nitrogens with two attached hydrogens (primary N) is 1. The molecule has 2 rings (SSSR count). The molecule has 4 heteroatoms. The second-order valence-electron chi connectivity index (χ2n) is 4.05. The van der Waals surface area contributed by atoms with E-state index in [0.29, 0.717) is 5.69 Å². The number of anilines is 1. The Bertz CT molecular complexity index is 560. The summed E-state index contributed by atoms with van der Waals surface area (Å²) in [5, 5.41) is 3.88. The van der Waals surface area contributed by atoms with Gasteiger partial charge in [0.05, 0.1) is 5.71 Å². The van der Waals surface area contributed by atoms with Crippen LogP contribution in [0.25, 0.3) is 0 Å². The summed E-state index contributed by atoms with van der Waals surface area (Å²) >= 11 is 0.